The van der Waals surface area contributed by atoms with Gasteiger partial charge in [-0.1, -0.05) is 18.2 Å². The molecule has 3 aromatic rings. The second-order valence-corrected chi connectivity index (χ2v) is 7.70. The van der Waals surface area contributed by atoms with E-state index >= 15 is 0 Å². The number of halogens is 3. The van der Waals surface area contributed by atoms with Crippen LogP contribution in [0.25, 0.3) is 10.9 Å². The number of hydrogen-bond acceptors (Lipinski definition) is 3. The molecule has 8 heteroatoms. The predicted octanol–water partition coefficient (Wildman–Crippen LogP) is 4.80. The Kier molecular flexibility index (Phi) is 5.47. The SMILES string of the molecule is Cn1c(=O)cc(C(=O)Nc2cc(C(F)(F)F)ccc2N2CCCCC2)c2ccccc21. The van der Waals surface area contributed by atoms with Crippen molar-refractivity contribution in [3.63, 3.8) is 0 Å². The molecule has 0 bridgehead atoms. The number of aryl methyl sites for hydroxylation is 1. The Bertz CT molecular complexity index is 1190. The zero-order chi connectivity index (χ0) is 22.2. The Balaban J connectivity index is 1.78. The number of rotatable bonds is 3. The fraction of sp³-hybridized carbons (Fsp3) is 0.304. The maximum absolute atomic E-state index is 13.3. The van der Waals surface area contributed by atoms with Gasteiger partial charge in [0.05, 0.1) is 28.0 Å². The lowest BCUT2D eigenvalue weighted by Gasteiger charge is -2.31. The third-order valence-corrected chi connectivity index (χ3v) is 5.67. The molecule has 0 atom stereocenters. The lowest BCUT2D eigenvalue weighted by molar-refractivity contribution is -0.137. The minimum atomic E-state index is -4.53. The molecule has 162 valence electrons. The van der Waals surface area contributed by atoms with Gasteiger partial charge in [-0.15, -0.1) is 0 Å². The Hall–Kier alpha value is -3.29. The van der Waals surface area contributed by atoms with E-state index in [9.17, 15) is 22.8 Å². The van der Waals surface area contributed by atoms with Crippen molar-refractivity contribution in [3.05, 3.63) is 70.0 Å². The molecule has 0 radical (unpaired) electrons. The van der Waals surface area contributed by atoms with Crippen LogP contribution in [0.4, 0.5) is 24.5 Å². The van der Waals surface area contributed by atoms with Crippen LogP contribution in [0.3, 0.4) is 0 Å². The highest BCUT2D eigenvalue weighted by Crippen LogP contribution is 2.36. The molecule has 4 rings (SSSR count). The van der Waals surface area contributed by atoms with E-state index in [0.29, 0.717) is 29.7 Å². The number of anilines is 2. The van der Waals surface area contributed by atoms with Crippen LogP contribution in [0.5, 0.6) is 0 Å². The third-order valence-electron chi connectivity index (χ3n) is 5.67. The number of pyridine rings is 1. The molecular weight excluding hydrogens is 407 g/mol. The van der Waals surface area contributed by atoms with Crippen molar-refractivity contribution in [2.24, 2.45) is 7.05 Å². The highest BCUT2D eigenvalue weighted by atomic mass is 19.4. The van der Waals surface area contributed by atoms with E-state index in [0.717, 1.165) is 31.4 Å². The second-order valence-electron chi connectivity index (χ2n) is 7.70. The topological polar surface area (TPSA) is 54.3 Å². The van der Waals surface area contributed by atoms with Gasteiger partial charge < -0.3 is 14.8 Å². The molecule has 1 aromatic heterocycles. The minimum absolute atomic E-state index is 0.0893. The number of benzene rings is 2. The molecule has 1 saturated heterocycles. The number of carbonyl (C=O) groups excluding carboxylic acids is 1. The van der Waals surface area contributed by atoms with E-state index in [-0.39, 0.29) is 16.8 Å². The third kappa shape index (κ3) is 4.15. The average Bonchev–Trinajstić information content (AvgIpc) is 2.76. The van der Waals surface area contributed by atoms with Gasteiger partial charge in [-0.3, -0.25) is 9.59 Å². The minimum Gasteiger partial charge on any atom is -0.370 e. The lowest BCUT2D eigenvalue weighted by atomic mass is 10.1. The first-order valence-electron chi connectivity index (χ1n) is 10.1. The summed E-state index contributed by atoms with van der Waals surface area (Å²) in [7, 11) is 1.60. The Labute approximate surface area is 177 Å². The first kappa shape index (κ1) is 21.0. The molecule has 1 aliphatic heterocycles. The van der Waals surface area contributed by atoms with Crippen LogP contribution in [-0.4, -0.2) is 23.6 Å². The number of alkyl halides is 3. The fourth-order valence-corrected chi connectivity index (χ4v) is 4.01. The highest BCUT2D eigenvalue weighted by molar-refractivity contribution is 6.13. The summed E-state index contributed by atoms with van der Waals surface area (Å²) in [5.74, 6) is -0.619. The molecule has 1 amide bonds. The van der Waals surface area contributed by atoms with Crippen LogP contribution in [0, 0.1) is 0 Å². The predicted molar refractivity (Wildman–Crippen MR) is 115 cm³/mol. The van der Waals surface area contributed by atoms with Gasteiger partial charge in [0.1, 0.15) is 0 Å². The summed E-state index contributed by atoms with van der Waals surface area (Å²) in [6.45, 7) is 1.42. The summed E-state index contributed by atoms with van der Waals surface area (Å²) in [4.78, 5) is 27.5. The number of carbonyl (C=O) groups is 1. The highest BCUT2D eigenvalue weighted by Gasteiger charge is 2.32. The van der Waals surface area contributed by atoms with Crippen molar-refractivity contribution in [1.82, 2.24) is 4.57 Å². The van der Waals surface area contributed by atoms with E-state index in [4.69, 9.17) is 0 Å². The molecule has 0 spiro atoms. The molecule has 5 nitrogen and oxygen atoms in total. The average molecular weight is 429 g/mol. The Morgan fingerprint density at radius 2 is 1.71 bits per heavy atom. The molecule has 0 aliphatic carbocycles. The first-order chi connectivity index (χ1) is 14.8. The van der Waals surface area contributed by atoms with Gasteiger partial charge in [0.25, 0.3) is 11.5 Å². The summed E-state index contributed by atoms with van der Waals surface area (Å²) < 4.78 is 41.4. The first-order valence-corrected chi connectivity index (χ1v) is 10.1. The van der Waals surface area contributed by atoms with Crippen molar-refractivity contribution in [2.75, 3.05) is 23.3 Å². The molecular formula is C23H22F3N3O2. The zero-order valence-corrected chi connectivity index (χ0v) is 17.0. The largest absolute Gasteiger partial charge is 0.416 e. The lowest BCUT2D eigenvalue weighted by Crippen LogP contribution is -2.31. The van der Waals surface area contributed by atoms with Gasteiger partial charge in [-0.05, 0) is 43.5 Å². The van der Waals surface area contributed by atoms with E-state index in [1.165, 1.54) is 16.7 Å². The summed E-state index contributed by atoms with van der Waals surface area (Å²) in [6, 6.07) is 11.5. The quantitative estimate of drug-likeness (QED) is 0.651. The molecule has 2 aromatic carbocycles. The smallest absolute Gasteiger partial charge is 0.370 e. The van der Waals surface area contributed by atoms with Crippen molar-refractivity contribution in [2.45, 2.75) is 25.4 Å². The number of hydrogen-bond donors (Lipinski definition) is 1. The fourth-order valence-electron chi connectivity index (χ4n) is 4.01. The summed E-state index contributed by atoms with van der Waals surface area (Å²) >= 11 is 0. The van der Waals surface area contributed by atoms with E-state index < -0.39 is 17.6 Å². The van der Waals surface area contributed by atoms with Crippen molar-refractivity contribution >= 4 is 28.2 Å². The maximum atomic E-state index is 13.3. The van der Waals surface area contributed by atoms with Crippen LogP contribution < -0.4 is 15.8 Å². The second kappa shape index (κ2) is 8.09. The van der Waals surface area contributed by atoms with Crippen molar-refractivity contribution in [1.29, 1.82) is 0 Å². The Morgan fingerprint density at radius 1 is 1.00 bits per heavy atom. The monoisotopic (exact) mass is 429 g/mol. The van der Waals surface area contributed by atoms with Gasteiger partial charge in [0.15, 0.2) is 0 Å². The number of amides is 1. The Morgan fingerprint density at radius 3 is 2.42 bits per heavy atom. The van der Waals surface area contributed by atoms with Crippen molar-refractivity contribution < 1.29 is 18.0 Å². The normalized spacial score (nSPS) is 14.6. The van der Waals surface area contributed by atoms with Crippen LogP contribution in [0.1, 0.15) is 35.2 Å². The van der Waals surface area contributed by atoms with Gasteiger partial charge in [0.2, 0.25) is 0 Å². The molecule has 2 heterocycles. The maximum Gasteiger partial charge on any atom is 0.416 e. The molecule has 1 N–H and O–H groups in total. The van der Waals surface area contributed by atoms with Gasteiger partial charge >= 0.3 is 6.18 Å². The van der Waals surface area contributed by atoms with Gasteiger partial charge in [-0.2, -0.15) is 13.2 Å². The number of nitrogens with zero attached hydrogens (tertiary/aromatic N) is 2. The van der Waals surface area contributed by atoms with Crippen LogP contribution in [-0.2, 0) is 13.2 Å². The van der Waals surface area contributed by atoms with Gasteiger partial charge in [-0.25, -0.2) is 0 Å². The zero-order valence-electron chi connectivity index (χ0n) is 17.0. The molecule has 1 aliphatic rings. The summed E-state index contributed by atoms with van der Waals surface area (Å²) in [6.07, 6.45) is -1.59. The molecule has 0 saturated carbocycles. The summed E-state index contributed by atoms with van der Waals surface area (Å²) in [5, 5.41) is 3.20. The number of aromatic nitrogens is 1. The molecule has 31 heavy (non-hydrogen) atoms. The van der Waals surface area contributed by atoms with E-state index in [1.54, 1.807) is 31.3 Å². The van der Waals surface area contributed by atoms with Crippen LogP contribution in [0.2, 0.25) is 0 Å². The van der Waals surface area contributed by atoms with Crippen LogP contribution in [0.15, 0.2) is 53.3 Å². The number of fused-ring (bicyclic) bond motifs is 1. The number of para-hydroxylation sites is 1. The molecule has 1 fully saturated rings. The van der Waals surface area contributed by atoms with E-state index in [2.05, 4.69) is 5.32 Å². The van der Waals surface area contributed by atoms with Crippen molar-refractivity contribution in [3.8, 4) is 0 Å². The van der Waals surface area contributed by atoms with E-state index in [1.807, 2.05) is 4.90 Å². The summed E-state index contributed by atoms with van der Waals surface area (Å²) in [5.41, 5.74) is 0.128. The van der Waals surface area contributed by atoms with Crippen LogP contribution >= 0.6 is 0 Å². The number of piperidine rings is 1. The number of nitrogens with one attached hydrogen (secondary N) is 1. The standard InChI is InChI=1S/C23H22F3N3O2/c1-28-19-8-4-3-7-16(19)17(14-21(28)30)22(31)27-18-13-15(23(24,25)26)9-10-20(18)29-11-5-2-6-12-29/h3-4,7-10,13-14H,2,5-6,11-12H2,1H3,(H,27,31). The molecule has 0 unspecified atom stereocenters. The van der Waals surface area contributed by atoms with Gasteiger partial charge in [0, 0.05) is 31.6 Å².